The average molecular weight is 487 g/mol. The molecule has 1 heterocycles. The minimum Gasteiger partial charge on any atom is -0.493 e. The van der Waals surface area contributed by atoms with Crippen LogP contribution < -0.4 is 9.47 Å². The van der Waals surface area contributed by atoms with E-state index in [4.69, 9.17) is 14.2 Å². The van der Waals surface area contributed by atoms with Crippen molar-refractivity contribution in [3.63, 3.8) is 0 Å². The molecule has 0 spiro atoms. The lowest BCUT2D eigenvalue weighted by Crippen LogP contribution is -2.06. The van der Waals surface area contributed by atoms with Crippen LogP contribution in [0.15, 0.2) is 57.6 Å². The van der Waals surface area contributed by atoms with E-state index in [1.165, 1.54) is 19.2 Å². The van der Waals surface area contributed by atoms with Crippen molar-refractivity contribution < 1.29 is 23.9 Å². The van der Waals surface area contributed by atoms with E-state index < -0.39 is 10.9 Å². The van der Waals surface area contributed by atoms with Gasteiger partial charge in [-0.05, 0) is 71.3 Å². The molecule has 0 bridgehead atoms. The molecule has 2 aromatic rings. The molecule has 0 fully saturated rings. The number of nitro groups is 1. The molecule has 2 aromatic carbocycles. The number of nitrogens with zero attached hydrogens (tertiary/aromatic N) is 2. The van der Waals surface area contributed by atoms with Crippen molar-refractivity contribution in [1.82, 2.24) is 0 Å². The third-order valence-electron chi connectivity index (χ3n) is 4.28. The highest BCUT2D eigenvalue weighted by Crippen LogP contribution is 2.37. The summed E-state index contributed by atoms with van der Waals surface area (Å²) in [4.78, 5) is 27.1. The molecule has 0 aromatic heterocycles. The quantitative estimate of drug-likeness (QED) is 0.180. The SMILES string of the molecule is C=C(C)COc1c(Br)cc(/C=C2\N=C(c3ccc([N+](=O)[O-])c(C)c3)OC2=O)cc1OC. The zero-order chi connectivity index (χ0) is 22.7. The van der Waals surface area contributed by atoms with E-state index in [2.05, 4.69) is 27.5 Å². The van der Waals surface area contributed by atoms with E-state index in [0.717, 1.165) is 5.57 Å². The fourth-order valence-corrected chi connectivity index (χ4v) is 3.42. The van der Waals surface area contributed by atoms with Crippen molar-refractivity contribution in [2.24, 2.45) is 4.99 Å². The van der Waals surface area contributed by atoms with Crippen molar-refractivity contribution in [2.45, 2.75) is 13.8 Å². The highest BCUT2D eigenvalue weighted by molar-refractivity contribution is 9.10. The second kappa shape index (κ2) is 9.13. The van der Waals surface area contributed by atoms with E-state index >= 15 is 0 Å². The van der Waals surface area contributed by atoms with Gasteiger partial charge in [-0.1, -0.05) is 6.58 Å². The van der Waals surface area contributed by atoms with Crippen molar-refractivity contribution in [3.8, 4) is 11.5 Å². The maximum absolute atomic E-state index is 12.3. The van der Waals surface area contributed by atoms with Gasteiger partial charge in [-0.3, -0.25) is 10.1 Å². The van der Waals surface area contributed by atoms with E-state index in [1.807, 2.05) is 6.92 Å². The van der Waals surface area contributed by atoms with Crippen LogP contribution in [0, 0.1) is 17.0 Å². The molecule has 0 atom stereocenters. The second-order valence-electron chi connectivity index (χ2n) is 6.87. The largest absolute Gasteiger partial charge is 0.493 e. The summed E-state index contributed by atoms with van der Waals surface area (Å²) >= 11 is 3.46. The summed E-state index contributed by atoms with van der Waals surface area (Å²) in [6.07, 6.45) is 1.56. The predicted molar refractivity (Wildman–Crippen MR) is 119 cm³/mol. The van der Waals surface area contributed by atoms with E-state index in [9.17, 15) is 14.9 Å². The molecule has 3 rings (SSSR count). The molecule has 160 valence electrons. The third-order valence-corrected chi connectivity index (χ3v) is 4.87. The summed E-state index contributed by atoms with van der Waals surface area (Å²) in [6, 6.07) is 7.88. The van der Waals surface area contributed by atoms with Gasteiger partial charge in [0, 0.05) is 17.2 Å². The molecule has 9 heteroatoms. The first-order valence-corrected chi connectivity index (χ1v) is 9.91. The number of aryl methyl sites for hydroxylation is 1. The summed E-state index contributed by atoms with van der Waals surface area (Å²) in [5.74, 6) is 0.460. The number of hydrogen-bond donors (Lipinski definition) is 0. The highest BCUT2D eigenvalue weighted by atomic mass is 79.9. The number of carbonyl (C=O) groups is 1. The van der Waals surface area contributed by atoms with Gasteiger partial charge in [0.25, 0.3) is 5.69 Å². The van der Waals surface area contributed by atoms with Crippen LogP contribution in [-0.2, 0) is 9.53 Å². The number of carbonyl (C=O) groups excluding carboxylic acids is 1. The molecule has 1 aliphatic rings. The normalized spacial score (nSPS) is 14.3. The van der Waals surface area contributed by atoms with Gasteiger partial charge in [0.05, 0.1) is 16.5 Å². The van der Waals surface area contributed by atoms with Gasteiger partial charge in [-0.25, -0.2) is 9.79 Å². The number of halogens is 1. The molecule has 0 unspecified atom stereocenters. The monoisotopic (exact) mass is 486 g/mol. The van der Waals surface area contributed by atoms with Gasteiger partial charge >= 0.3 is 5.97 Å². The molecule has 0 saturated heterocycles. The molecule has 0 saturated carbocycles. The van der Waals surface area contributed by atoms with E-state index in [1.54, 1.807) is 31.2 Å². The molecule has 0 radical (unpaired) electrons. The number of nitro benzene ring substituents is 1. The molecule has 0 aliphatic carbocycles. The lowest BCUT2D eigenvalue weighted by molar-refractivity contribution is -0.385. The maximum Gasteiger partial charge on any atom is 0.363 e. The number of benzene rings is 2. The van der Waals surface area contributed by atoms with Gasteiger partial charge < -0.3 is 14.2 Å². The van der Waals surface area contributed by atoms with Gasteiger partial charge in [0.15, 0.2) is 17.2 Å². The standard InChI is InChI=1S/C22H19BrN2O6/c1-12(2)11-30-20-16(23)8-14(10-19(20)29-4)9-17-22(26)31-21(24-17)15-5-6-18(25(27)28)13(3)7-15/h5-10H,1,11H2,2-4H3/b17-9-. The lowest BCUT2D eigenvalue weighted by Gasteiger charge is -2.13. The van der Waals surface area contributed by atoms with Crippen LogP contribution >= 0.6 is 15.9 Å². The Bertz CT molecular complexity index is 1150. The fraction of sp³-hybridized carbons (Fsp3) is 0.182. The smallest absolute Gasteiger partial charge is 0.363 e. The minimum atomic E-state index is -0.622. The topological polar surface area (TPSA) is 100 Å². The van der Waals surface area contributed by atoms with Gasteiger partial charge in [0.1, 0.15) is 6.61 Å². The first kappa shape index (κ1) is 22.2. The zero-order valence-corrected chi connectivity index (χ0v) is 18.7. The van der Waals surface area contributed by atoms with Crippen LogP contribution in [0.3, 0.4) is 0 Å². The van der Waals surface area contributed by atoms with Crippen LogP contribution in [-0.4, -0.2) is 30.5 Å². The summed E-state index contributed by atoms with van der Waals surface area (Å²) in [6.45, 7) is 7.61. The van der Waals surface area contributed by atoms with Gasteiger partial charge in [-0.2, -0.15) is 0 Å². The first-order chi connectivity index (χ1) is 14.7. The summed E-state index contributed by atoms with van der Waals surface area (Å²) in [5, 5.41) is 11.0. The second-order valence-corrected chi connectivity index (χ2v) is 7.73. The van der Waals surface area contributed by atoms with Crippen LogP contribution in [0.4, 0.5) is 5.69 Å². The van der Waals surface area contributed by atoms with E-state index in [0.29, 0.717) is 39.3 Å². The van der Waals surface area contributed by atoms with E-state index in [-0.39, 0.29) is 17.3 Å². The Morgan fingerprint density at radius 2 is 2.10 bits per heavy atom. The molecule has 8 nitrogen and oxygen atoms in total. The minimum absolute atomic E-state index is 0.0182. The van der Waals surface area contributed by atoms with Crippen LogP contribution in [0.25, 0.3) is 6.08 Å². The Morgan fingerprint density at radius 3 is 2.71 bits per heavy atom. The number of esters is 1. The molecule has 31 heavy (non-hydrogen) atoms. The Balaban J connectivity index is 1.93. The first-order valence-electron chi connectivity index (χ1n) is 9.12. The zero-order valence-electron chi connectivity index (χ0n) is 17.1. The van der Waals surface area contributed by atoms with Crippen LogP contribution in [0.5, 0.6) is 11.5 Å². The van der Waals surface area contributed by atoms with Gasteiger partial charge in [0.2, 0.25) is 5.90 Å². The van der Waals surface area contributed by atoms with Crippen molar-refractivity contribution in [1.29, 1.82) is 0 Å². The molecule has 1 aliphatic heterocycles. The van der Waals surface area contributed by atoms with Gasteiger partial charge in [-0.15, -0.1) is 0 Å². The fourth-order valence-electron chi connectivity index (χ4n) is 2.84. The molecular weight excluding hydrogens is 468 g/mol. The summed E-state index contributed by atoms with van der Waals surface area (Å²) in [5.41, 5.74) is 2.49. The predicted octanol–water partition coefficient (Wildman–Crippen LogP) is 4.97. The molecule has 0 N–H and O–H groups in total. The Hall–Kier alpha value is -3.46. The highest BCUT2D eigenvalue weighted by Gasteiger charge is 2.25. The van der Waals surface area contributed by atoms with Crippen molar-refractivity contribution in [2.75, 3.05) is 13.7 Å². The number of aliphatic imine (C=N–C) groups is 1. The lowest BCUT2D eigenvalue weighted by atomic mass is 10.1. The van der Waals surface area contributed by atoms with Crippen LogP contribution in [0.2, 0.25) is 0 Å². The van der Waals surface area contributed by atoms with Crippen molar-refractivity contribution in [3.05, 3.63) is 79.5 Å². The number of methoxy groups -OCH3 is 1. The Morgan fingerprint density at radius 1 is 1.35 bits per heavy atom. The number of cyclic esters (lactones) is 1. The number of hydrogen-bond acceptors (Lipinski definition) is 7. The van der Waals surface area contributed by atoms with Crippen molar-refractivity contribution >= 4 is 39.6 Å². The Labute approximate surface area is 187 Å². The third kappa shape index (κ3) is 5.00. The average Bonchev–Trinajstić information content (AvgIpc) is 3.06. The number of rotatable bonds is 7. The number of ether oxygens (including phenoxy) is 3. The molecule has 0 amide bonds. The van der Waals surface area contributed by atoms with Crippen LogP contribution in [0.1, 0.15) is 23.6 Å². The maximum atomic E-state index is 12.3. The Kier molecular flexibility index (Phi) is 6.55. The summed E-state index contributed by atoms with van der Waals surface area (Å²) < 4.78 is 17.0. The molecular formula is C22H19BrN2O6. The summed E-state index contributed by atoms with van der Waals surface area (Å²) in [7, 11) is 1.52.